The van der Waals surface area contributed by atoms with Crippen LogP contribution < -0.4 is 14.8 Å². The number of hydrogen-bond donors (Lipinski definition) is 1. The molecule has 0 saturated heterocycles. The van der Waals surface area contributed by atoms with Gasteiger partial charge in [-0.1, -0.05) is 41.0 Å². The molecule has 0 spiro atoms. The summed E-state index contributed by atoms with van der Waals surface area (Å²) in [5, 5.41) is 10.2. The monoisotopic (exact) mass is 475 g/mol. The van der Waals surface area contributed by atoms with Gasteiger partial charge in [-0.3, -0.25) is 0 Å². The Balaban J connectivity index is 1.72. The topological polar surface area (TPSA) is 74.1 Å². The van der Waals surface area contributed by atoms with Crippen LogP contribution >= 0.6 is 35.0 Å². The van der Waals surface area contributed by atoms with Crippen LogP contribution in [0.5, 0.6) is 11.5 Å². The molecule has 4 rings (SSSR count). The number of rotatable bonds is 7. The third-order valence-corrected chi connectivity index (χ3v) is 6.02. The first-order chi connectivity index (χ1) is 15.0. The number of nitrogens with one attached hydrogen (secondary N) is 1. The number of ether oxygens (including phenoxy) is 2. The first kappa shape index (κ1) is 21.5. The number of hydrogen-bond acceptors (Lipinski definition) is 7. The SMILES string of the molecule is COc1ccc(CNc2nc(SC)nc3nn(-c4cccc(Cl)c4Cl)cc23)c(OC)c1. The van der Waals surface area contributed by atoms with E-state index in [4.69, 9.17) is 32.7 Å². The largest absolute Gasteiger partial charge is 0.497 e. The fourth-order valence-corrected chi connectivity index (χ4v) is 3.82. The van der Waals surface area contributed by atoms with Crippen molar-refractivity contribution in [3.8, 4) is 17.2 Å². The Morgan fingerprint density at radius 2 is 1.94 bits per heavy atom. The minimum Gasteiger partial charge on any atom is -0.497 e. The van der Waals surface area contributed by atoms with Gasteiger partial charge in [0.2, 0.25) is 0 Å². The van der Waals surface area contributed by atoms with Gasteiger partial charge in [0, 0.05) is 24.4 Å². The second-order valence-corrected chi connectivity index (χ2v) is 8.03. The Hall–Kier alpha value is -2.68. The van der Waals surface area contributed by atoms with E-state index in [1.54, 1.807) is 25.0 Å². The maximum Gasteiger partial charge on any atom is 0.191 e. The molecule has 0 fully saturated rings. The first-order valence-corrected chi connectivity index (χ1v) is 11.2. The highest BCUT2D eigenvalue weighted by Crippen LogP contribution is 2.31. The molecule has 7 nitrogen and oxygen atoms in total. The third-order valence-electron chi connectivity index (χ3n) is 4.66. The molecular formula is C21H19Cl2N5O2S. The number of thioether (sulfide) groups is 1. The van der Waals surface area contributed by atoms with E-state index in [9.17, 15) is 0 Å². The number of halogens is 2. The average molecular weight is 476 g/mol. The zero-order valence-corrected chi connectivity index (χ0v) is 19.3. The van der Waals surface area contributed by atoms with Gasteiger partial charge in [-0.05, 0) is 30.5 Å². The highest BCUT2D eigenvalue weighted by molar-refractivity contribution is 7.98. The van der Waals surface area contributed by atoms with E-state index in [1.165, 1.54) is 11.8 Å². The highest BCUT2D eigenvalue weighted by atomic mass is 35.5. The number of nitrogens with zero attached hydrogens (tertiary/aromatic N) is 4. The van der Waals surface area contributed by atoms with Crippen molar-refractivity contribution in [3.63, 3.8) is 0 Å². The predicted octanol–water partition coefficient (Wildman–Crippen LogP) is 5.47. The van der Waals surface area contributed by atoms with Crippen LogP contribution in [0, 0.1) is 0 Å². The molecule has 0 amide bonds. The molecule has 0 aliphatic heterocycles. The van der Waals surface area contributed by atoms with Crippen LogP contribution in [0.1, 0.15) is 5.56 Å². The Kier molecular flexibility index (Phi) is 6.41. The maximum absolute atomic E-state index is 6.38. The molecule has 160 valence electrons. The van der Waals surface area contributed by atoms with E-state index in [0.29, 0.717) is 38.9 Å². The van der Waals surface area contributed by atoms with Crippen molar-refractivity contribution in [2.24, 2.45) is 0 Å². The summed E-state index contributed by atoms with van der Waals surface area (Å²) in [6.45, 7) is 0.496. The fourth-order valence-electron chi connectivity index (χ4n) is 3.08. The molecule has 0 aliphatic carbocycles. The van der Waals surface area contributed by atoms with Gasteiger partial charge in [0.25, 0.3) is 0 Å². The van der Waals surface area contributed by atoms with Crippen molar-refractivity contribution in [3.05, 3.63) is 58.2 Å². The minimum atomic E-state index is 0.424. The summed E-state index contributed by atoms with van der Waals surface area (Å²) < 4.78 is 12.4. The molecule has 10 heteroatoms. The van der Waals surface area contributed by atoms with Gasteiger partial charge >= 0.3 is 0 Å². The summed E-state index contributed by atoms with van der Waals surface area (Å²) >= 11 is 14.0. The lowest BCUT2D eigenvalue weighted by molar-refractivity contribution is 0.391. The molecule has 0 atom stereocenters. The van der Waals surface area contributed by atoms with Crippen molar-refractivity contribution in [2.45, 2.75) is 11.7 Å². The Bertz CT molecular complexity index is 1250. The van der Waals surface area contributed by atoms with Crippen LogP contribution in [0.3, 0.4) is 0 Å². The van der Waals surface area contributed by atoms with E-state index >= 15 is 0 Å². The number of benzene rings is 2. The normalized spacial score (nSPS) is 11.0. The zero-order valence-electron chi connectivity index (χ0n) is 17.0. The molecule has 0 bridgehead atoms. The Labute approximate surface area is 193 Å². The van der Waals surface area contributed by atoms with Crippen LogP contribution in [0.2, 0.25) is 10.0 Å². The van der Waals surface area contributed by atoms with Gasteiger partial charge in [0.15, 0.2) is 10.8 Å². The van der Waals surface area contributed by atoms with Gasteiger partial charge in [-0.2, -0.15) is 0 Å². The van der Waals surface area contributed by atoms with Gasteiger partial charge in [-0.15, -0.1) is 5.10 Å². The molecule has 4 aromatic rings. The van der Waals surface area contributed by atoms with E-state index in [2.05, 4.69) is 20.4 Å². The van der Waals surface area contributed by atoms with Crippen molar-refractivity contribution < 1.29 is 9.47 Å². The fraction of sp³-hybridized carbons (Fsp3) is 0.190. The van der Waals surface area contributed by atoms with E-state index < -0.39 is 0 Å². The summed E-state index contributed by atoms with van der Waals surface area (Å²) in [5.74, 6) is 2.12. The number of anilines is 1. The lowest BCUT2D eigenvalue weighted by atomic mass is 10.2. The Morgan fingerprint density at radius 3 is 2.68 bits per heavy atom. The van der Waals surface area contributed by atoms with Crippen LogP contribution in [-0.2, 0) is 6.54 Å². The average Bonchev–Trinajstić information content (AvgIpc) is 3.23. The lowest BCUT2D eigenvalue weighted by Gasteiger charge is -2.12. The van der Waals surface area contributed by atoms with E-state index in [0.717, 1.165) is 22.4 Å². The highest BCUT2D eigenvalue weighted by Gasteiger charge is 2.15. The lowest BCUT2D eigenvalue weighted by Crippen LogP contribution is -2.05. The molecule has 2 heterocycles. The van der Waals surface area contributed by atoms with E-state index in [-0.39, 0.29) is 0 Å². The van der Waals surface area contributed by atoms with Crippen molar-refractivity contribution in [1.29, 1.82) is 0 Å². The number of methoxy groups -OCH3 is 2. The van der Waals surface area contributed by atoms with Gasteiger partial charge in [0.1, 0.15) is 17.3 Å². The molecule has 31 heavy (non-hydrogen) atoms. The quantitative estimate of drug-likeness (QED) is 0.280. The smallest absolute Gasteiger partial charge is 0.191 e. The molecular weight excluding hydrogens is 457 g/mol. The van der Waals surface area contributed by atoms with Gasteiger partial charge < -0.3 is 14.8 Å². The van der Waals surface area contributed by atoms with Crippen molar-refractivity contribution in [2.75, 3.05) is 25.8 Å². The molecule has 1 N–H and O–H groups in total. The summed E-state index contributed by atoms with van der Waals surface area (Å²) in [4.78, 5) is 9.16. The second-order valence-electron chi connectivity index (χ2n) is 6.47. The van der Waals surface area contributed by atoms with E-state index in [1.807, 2.05) is 42.8 Å². The Morgan fingerprint density at radius 1 is 1.10 bits per heavy atom. The van der Waals surface area contributed by atoms with Crippen LogP contribution in [0.15, 0.2) is 47.8 Å². The second kappa shape index (κ2) is 9.21. The standard InChI is InChI=1S/C21H19Cl2N5O2S/c1-29-13-8-7-12(17(9-13)30-2)10-24-19-14-11-28(16-6-4-5-15(22)18(16)23)27-20(14)26-21(25-19)31-3/h4-9,11H,10H2,1-3H3,(H,24,25,26,27). The number of fused-ring (bicyclic) bond motifs is 1. The first-order valence-electron chi connectivity index (χ1n) is 9.24. The molecule has 0 radical (unpaired) electrons. The summed E-state index contributed by atoms with van der Waals surface area (Å²) in [5.41, 5.74) is 2.19. The van der Waals surface area contributed by atoms with Crippen LogP contribution in [0.25, 0.3) is 16.7 Å². The molecule has 0 saturated carbocycles. The van der Waals surface area contributed by atoms with Crippen LogP contribution in [-0.4, -0.2) is 40.2 Å². The minimum absolute atomic E-state index is 0.424. The van der Waals surface area contributed by atoms with Gasteiger partial charge in [-0.25, -0.2) is 14.6 Å². The molecule has 2 aromatic carbocycles. The molecule has 0 aliphatic rings. The maximum atomic E-state index is 6.38. The zero-order chi connectivity index (χ0) is 22.0. The predicted molar refractivity (Wildman–Crippen MR) is 125 cm³/mol. The summed E-state index contributed by atoms with van der Waals surface area (Å²) in [7, 11) is 3.25. The molecule has 2 aromatic heterocycles. The van der Waals surface area contributed by atoms with Crippen molar-refractivity contribution >= 4 is 51.8 Å². The third kappa shape index (κ3) is 4.37. The van der Waals surface area contributed by atoms with Crippen molar-refractivity contribution in [1.82, 2.24) is 19.7 Å². The number of aromatic nitrogens is 4. The summed E-state index contributed by atoms with van der Waals surface area (Å²) in [6.07, 6.45) is 3.76. The van der Waals surface area contributed by atoms with Gasteiger partial charge in [0.05, 0.1) is 35.3 Å². The molecule has 0 unspecified atom stereocenters. The summed E-state index contributed by atoms with van der Waals surface area (Å²) in [6, 6.07) is 11.1. The van der Waals surface area contributed by atoms with Crippen LogP contribution in [0.4, 0.5) is 5.82 Å².